The van der Waals surface area contributed by atoms with Crippen molar-refractivity contribution in [3.63, 3.8) is 0 Å². The summed E-state index contributed by atoms with van der Waals surface area (Å²) in [6.45, 7) is 3.69. The fourth-order valence-corrected chi connectivity index (χ4v) is 1.32. The number of carbonyl (C=O) groups is 1. The number of hydrogen-bond acceptors (Lipinski definition) is 2. The zero-order chi connectivity index (χ0) is 12.3. The van der Waals surface area contributed by atoms with Gasteiger partial charge in [-0.3, -0.25) is 4.79 Å². The van der Waals surface area contributed by atoms with E-state index in [4.69, 9.17) is 17.3 Å². The maximum Gasteiger partial charge on any atom is 0.241 e. The number of nitrogens with two attached hydrogens (primary N) is 1. The number of rotatable bonds is 3. The third-order valence-corrected chi connectivity index (χ3v) is 2.52. The Bertz CT molecular complexity index is 396. The van der Waals surface area contributed by atoms with Crippen LogP contribution in [-0.2, 0) is 4.79 Å². The molecule has 0 aromatic heterocycles. The summed E-state index contributed by atoms with van der Waals surface area (Å²) in [5.41, 5.74) is 6.02. The van der Waals surface area contributed by atoms with Crippen LogP contribution in [-0.4, -0.2) is 11.9 Å². The minimum atomic E-state index is -0.610. The maximum atomic E-state index is 12.7. The van der Waals surface area contributed by atoms with Crippen molar-refractivity contribution in [2.75, 3.05) is 5.32 Å². The Kier molecular flexibility index (Phi) is 4.26. The van der Waals surface area contributed by atoms with Crippen LogP contribution in [0, 0.1) is 11.7 Å². The second-order valence-corrected chi connectivity index (χ2v) is 4.29. The quantitative estimate of drug-likeness (QED) is 0.858. The second-order valence-electron chi connectivity index (χ2n) is 3.88. The molecule has 0 saturated heterocycles. The van der Waals surface area contributed by atoms with Gasteiger partial charge in [0.2, 0.25) is 5.91 Å². The number of carbonyl (C=O) groups excluding carboxylic acids is 1. The van der Waals surface area contributed by atoms with Crippen LogP contribution in [0.25, 0.3) is 0 Å². The lowest BCUT2D eigenvalue weighted by Gasteiger charge is -2.15. The molecule has 16 heavy (non-hydrogen) atoms. The predicted octanol–water partition coefficient (Wildman–Crippen LogP) is 2.40. The van der Waals surface area contributed by atoms with Gasteiger partial charge in [0.1, 0.15) is 5.82 Å². The largest absolute Gasteiger partial charge is 0.323 e. The molecule has 0 unspecified atom stereocenters. The first kappa shape index (κ1) is 12.9. The summed E-state index contributed by atoms with van der Waals surface area (Å²) in [5.74, 6) is -0.751. The van der Waals surface area contributed by atoms with Crippen LogP contribution in [0.4, 0.5) is 10.1 Å². The van der Waals surface area contributed by atoms with Crippen LogP contribution in [0.15, 0.2) is 18.2 Å². The van der Waals surface area contributed by atoms with Gasteiger partial charge in [-0.2, -0.15) is 0 Å². The summed E-state index contributed by atoms with van der Waals surface area (Å²) in [6.07, 6.45) is 0. The lowest BCUT2D eigenvalue weighted by atomic mass is 10.1. The van der Waals surface area contributed by atoms with E-state index in [1.54, 1.807) is 0 Å². The molecule has 1 rings (SSSR count). The van der Waals surface area contributed by atoms with Crippen molar-refractivity contribution >= 4 is 23.2 Å². The summed E-state index contributed by atoms with van der Waals surface area (Å²) in [6, 6.07) is 3.16. The lowest BCUT2D eigenvalue weighted by Crippen LogP contribution is -2.39. The van der Waals surface area contributed by atoms with E-state index in [-0.39, 0.29) is 16.8 Å². The van der Waals surface area contributed by atoms with Gasteiger partial charge < -0.3 is 11.1 Å². The van der Waals surface area contributed by atoms with Gasteiger partial charge >= 0.3 is 0 Å². The Hall–Kier alpha value is -1.13. The van der Waals surface area contributed by atoms with Crippen LogP contribution in [0.1, 0.15) is 13.8 Å². The van der Waals surface area contributed by atoms with Gasteiger partial charge in [0.25, 0.3) is 0 Å². The molecule has 5 heteroatoms. The van der Waals surface area contributed by atoms with Gasteiger partial charge in [-0.25, -0.2) is 4.39 Å². The fraction of sp³-hybridized carbons (Fsp3) is 0.364. The van der Waals surface area contributed by atoms with Crippen LogP contribution < -0.4 is 11.1 Å². The van der Waals surface area contributed by atoms with Crippen molar-refractivity contribution in [3.8, 4) is 0 Å². The Morgan fingerprint density at radius 2 is 2.12 bits per heavy atom. The van der Waals surface area contributed by atoms with Gasteiger partial charge in [-0.05, 0) is 24.1 Å². The molecule has 0 aliphatic rings. The first-order chi connectivity index (χ1) is 7.41. The molecule has 88 valence electrons. The molecule has 3 N–H and O–H groups in total. The van der Waals surface area contributed by atoms with Crippen molar-refractivity contribution in [3.05, 3.63) is 29.0 Å². The summed E-state index contributed by atoms with van der Waals surface area (Å²) in [7, 11) is 0. The molecule has 0 aliphatic carbocycles. The smallest absolute Gasteiger partial charge is 0.241 e. The highest BCUT2D eigenvalue weighted by Gasteiger charge is 2.18. The first-order valence-corrected chi connectivity index (χ1v) is 5.31. The van der Waals surface area contributed by atoms with E-state index in [9.17, 15) is 9.18 Å². The Morgan fingerprint density at radius 3 is 2.62 bits per heavy atom. The Morgan fingerprint density at radius 1 is 1.50 bits per heavy atom. The minimum Gasteiger partial charge on any atom is -0.323 e. The molecule has 1 amide bonds. The number of benzene rings is 1. The molecular weight excluding hydrogens is 231 g/mol. The predicted molar refractivity (Wildman–Crippen MR) is 62.9 cm³/mol. The highest BCUT2D eigenvalue weighted by molar-refractivity contribution is 6.33. The Labute approximate surface area is 98.8 Å². The molecule has 1 atom stereocenters. The second kappa shape index (κ2) is 5.27. The van der Waals surface area contributed by atoms with E-state index >= 15 is 0 Å². The standard InChI is InChI=1S/C11H14ClFN2O/c1-6(2)10(14)11(16)15-9-4-3-7(13)5-8(9)12/h3-6,10H,14H2,1-2H3,(H,15,16)/t10-/m0/s1. The normalized spacial score (nSPS) is 12.6. The van der Waals surface area contributed by atoms with E-state index in [0.717, 1.165) is 6.07 Å². The van der Waals surface area contributed by atoms with Crippen LogP contribution in [0.5, 0.6) is 0 Å². The average molecular weight is 245 g/mol. The number of halogens is 2. The molecule has 0 spiro atoms. The molecule has 3 nitrogen and oxygen atoms in total. The van der Waals surface area contributed by atoms with Gasteiger partial charge in [-0.1, -0.05) is 25.4 Å². The minimum absolute atomic E-state index is 0.0271. The SMILES string of the molecule is CC(C)[C@H](N)C(=O)Nc1ccc(F)cc1Cl. The van der Waals surface area contributed by atoms with E-state index in [0.29, 0.717) is 5.69 Å². The Balaban J connectivity index is 2.77. The van der Waals surface area contributed by atoms with Crippen molar-refractivity contribution in [1.82, 2.24) is 0 Å². The molecule has 0 aliphatic heterocycles. The van der Waals surface area contributed by atoms with Crippen molar-refractivity contribution < 1.29 is 9.18 Å². The third kappa shape index (κ3) is 3.18. The van der Waals surface area contributed by atoms with E-state index < -0.39 is 11.9 Å². The van der Waals surface area contributed by atoms with Crippen LogP contribution >= 0.6 is 11.6 Å². The lowest BCUT2D eigenvalue weighted by molar-refractivity contribution is -0.118. The monoisotopic (exact) mass is 244 g/mol. The molecule has 1 aromatic carbocycles. The summed E-state index contributed by atoms with van der Waals surface area (Å²) >= 11 is 5.76. The zero-order valence-corrected chi connectivity index (χ0v) is 9.88. The highest BCUT2D eigenvalue weighted by Crippen LogP contribution is 2.22. The summed E-state index contributed by atoms with van der Waals surface area (Å²) in [4.78, 5) is 11.6. The van der Waals surface area contributed by atoms with Crippen LogP contribution in [0.2, 0.25) is 5.02 Å². The number of amides is 1. The molecule has 0 radical (unpaired) electrons. The van der Waals surface area contributed by atoms with Gasteiger partial charge in [0, 0.05) is 0 Å². The molecule has 0 saturated carbocycles. The average Bonchev–Trinajstić information content (AvgIpc) is 2.20. The van der Waals surface area contributed by atoms with Crippen molar-refractivity contribution in [2.45, 2.75) is 19.9 Å². The van der Waals surface area contributed by atoms with E-state index in [2.05, 4.69) is 5.32 Å². The van der Waals surface area contributed by atoms with Crippen LogP contribution in [0.3, 0.4) is 0 Å². The molecule has 0 bridgehead atoms. The number of nitrogens with one attached hydrogen (secondary N) is 1. The third-order valence-electron chi connectivity index (χ3n) is 2.21. The molecule has 1 aromatic rings. The van der Waals surface area contributed by atoms with Gasteiger partial charge in [0.15, 0.2) is 0 Å². The molecule has 0 heterocycles. The fourth-order valence-electron chi connectivity index (χ4n) is 1.11. The van der Waals surface area contributed by atoms with Crippen molar-refractivity contribution in [2.24, 2.45) is 11.7 Å². The maximum absolute atomic E-state index is 12.7. The number of anilines is 1. The van der Waals surface area contributed by atoms with E-state index in [1.165, 1.54) is 12.1 Å². The van der Waals surface area contributed by atoms with Crippen molar-refractivity contribution in [1.29, 1.82) is 0 Å². The zero-order valence-electron chi connectivity index (χ0n) is 9.13. The topological polar surface area (TPSA) is 55.1 Å². The number of hydrogen-bond donors (Lipinski definition) is 2. The molecular formula is C11H14ClFN2O. The first-order valence-electron chi connectivity index (χ1n) is 4.93. The van der Waals surface area contributed by atoms with Gasteiger partial charge in [0.05, 0.1) is 16.8 Å². The summed E-state index contributed by atoms with van der Waals surface area (Å²) in [5, 5.41) is 2.71. The van der Waals surface area contributed by atoms with E-state index in [1.807, 2.05) is 13.8 Å². The van der Waals surface area contributed by atoms with Gasteiger partial charge in [-0.15, -0.1) is 0 Å². The molecule has 0 fully saturated rings. The highest BCUT2D eigenvalue weighted by atomic mass is 35.5. The summed E-state index contributed by atoms with van der Waals surface area (Å²) < 4.78 is 12.7.